The molecule has 0 saturated carbocycles. The number of piperazine rings is 1. The lowest BCUT2D eigenvalue weighted by Gasteiger charge is -2.31. The van der Waals surface area contributed by atoms with Gasteiger partial charge in [0.2, 0.25) is 15.9 Å². The largest absolute Gasteiger partial charge is 0.385 e. The monoisotopic (exact) mass is 250 g/mol. The van der Waals surface area contributed by atoms with Gasteiger partial charge in [-0.25, -0.2) is 8.42 Å². The number of sulfonamides is 1. The van der Waals surface area contributed by atoms with Crippen molar-refractivity contribution in [2.45, 2.75) is 19.4 Å². The minimum absolute atomic E-state index is 0.0263. The Morgan fingerprint density at radius 2 is 2.25 bits per heavy atom. The quantitative estimate of drug-likeness (QED) is 0.646. The molecule has 0 bridgehead atoms. The molecule has 0 aliphatic carbocycles. The molecule has 1 saturated heterocycles. The molecule has 94 valence electrons. The third kappa shape index (κ3) is 3.16. The smallest absolute Gasteiger partial charge is 0.238 e. The first-order valence-electron chi connectivity index (χ1n) is 5.25. The normalized spacial score (nSPS) is 23.1. The van der Waals surface area contributed by atoms with E-state index >= 15 is 0 Å². The summed E-state index contributed by atoms with van der Waals surface area (Å²) in [4.78, 5) is 11.3. The Balaban J connectivity index is 2.63. The highest BCUT2D eigenvalue weighted by atomic mass is 32.2. The zero-order valence-electron chi connectivity index (χ0n) is 9.60. The fourth-order valence-electron chi connectivity index (χ4n) is 1.64. The van der Waals surface area contributed by atoms with Gasteiger partial charge in [-0.15, -0.1) is 0 Å². The van der Waals surface area contributed by atoms with Crippen molar-refractivity contribution in [3.8, 4) is 0 Å². The molecule has 1 aliphatic rings. The highest BCUT2D eigenvalue weighted by molar-refractivity contribution is 7.89. The molecular weight excluding hydrogens is 232 g/mol. The Kier molecular flexibility index (Phi) is 4.69. The molecule has 1 aliphatic heterocycles. The summed E-state index contributed by atoms with van der Waals surface area (Å²) < 4.78 is 29.9. The number of nitrogens with zero attached hydrogens (tertiary/aromatic N) is 1. The van der Waals surface area contributed by atoms with E-state index in [1.54, 1.807) is 6.92 Å². The maximum Gasteiger partial charge on any atom is 0.238 e. The number of amides is 1. The van der Waals surface area contributed by atoms with Gasteiger partial charge >= 0.3 is 0 Å². The van der Waals surface area contributed by atoms with Crippen molar-refractivity contribution in [1.82, 2.24) is 9.62 Å². The van der Waals surface area contributed by atoms with Gasteiger partial charge in [0, 0.05) is 26.8 Å². The standard InChI is InChI=1S/C9H18N2O4S/c1-8-9(12)10-4-5-11(8)16(13,14)7-3-6-15-2/h8H,3-7H2,1-2H3,(H,10,12). The fourth-order valence-corrected chi connectivity index (χ4v) is 3.31. The second-order valence-corrected chi connectivity index (χ2v) is 5.78. The lowest BCUT2D eigenvalue weighted by atomic mass is 10.2. The van der Waals surface area contributed by atoms with Gasteiger partial charge in [-0.1, -0.05) is 0 Å². The van der Waals surface area contributed by atoms with Crippen LogP contribution >= 0.6 is 0 Å². The zero-order valence-corrected chi connectivity index (χ0v) is 10.4. The summed E-state index contributed by atoms with van der Waals surface area (Å²) >= 11 is 0. The van der Waals surface area contributed by atoms with E-state index in [0.717, 1.165) is 0 Å². The van der Waals surface area contributed by atoms with E-state index in [4.69, 9.17) is 4.74 Å². The summed E-state index contributed by atoms with van der Waals surface area (Å²) in [7, 11) is -1.81. The van der Waals surface area contributed by atoms with Crippen molar-refractivity contribution in [3.63, 3.8) is 0 Å². The van der Waals surface area contributed by atoms with Gasteiger partial charge in [-0.05, 0) is 13.3 Å². The highest BCUT2D eigenvalue weighted by Gasteiger charge is 2.33. The maximum absolute atomic E-state index is 11.9. The molecule has 1 amide bonds. The predicted molar refractivity (Wildman–Crippen MR) is 59.5 cm³/mol. The van der Waals surface area contributed by atoms with Crippen LogP contribution < -0.4 is 5.32 Å². The van der Waals surface area contributed by atoms with Crippen molar-refractivity contribution in [1.29, 1.82) is 0 Å². The van der Waals surface area contributed by atoms with Gasteiger partial charge in [-0.2, -0.15) is 4.31 Å². The van der Waals surface area contributed by atoms with Gasteiger partial charge in [0.15, 0.2) is 0 Å². The summed E-state index contributed by atoms with van der Waals surface area (Å²) in [6.45, 7) is 2.74. The summed E-state index contributed by atoms with van der Waals surface area (Å²) in [6.07, 6.45) is 0.448. The molecule has 0 aromatic carbocycles. The minimum Gasteiger partial charge on any atom is -0.385 e. The molecule has 16 heavy (non-hydrogen) atoms. The van der Waals surface area contributed by atoms with Crippen molar-refractivity contribution in [3.05, 3.63) is 0 Å². The second-order valence-electron chi connectivity index (χ2n) is 3.74. The van der Waals surface area contributed by atoms with Crippen molar-refractivity contribution in [2.24, 2.45) is 0 Å². The molecule has 0 spiro atoms. The summed E-state index contributed by atoms with van der Waals surface area (Å²) in [5.41, 5.74) is 0. The summed E-state index contributed by atoms with van der Waals surface area (Å²) in [5.74, 6) is -0.208. The predicted octanol–water partition coefficient (Wildman–Crippen LogP) is -0.827. The molecule has 7 heteroatoms. The van der Waals surface area contributed by atoms with Gasteiger partial charge in [0.25, 0.3) is 0 Å². The van der Waals surface area contributed by atoms with Crippen LogP contribution in [0.15, 0.2) is 0 Å². The molecule has 1 fully saturated rings. The Labute approximate surface area is 96.0 Å². The summed E-state index contributed by atoms with van der Waals surface area (Å²) in [6, 6.07) is -0.610. The SMILES string of the molecule is COCCCS(=O)(=O)N1CCNC(=O)C1C. The molecule has 0 radical (unpaired) electrons. The van der Waals surface area contributed by atoms with E-state index < -0.39 is 16.1 Å². The van der Waals surface area contributed by atoms with Gasteiger partial charge in [-0.3, -0.25) is 4.79 Å². The Bertz CT molecular complexity index is 341. The maximum atomic E-state index is 11.9. The van der Waals surface area contributed by atoms with Gasteiger partial charge in [0.05, 0.1) is 5.75 Å². The summed E-state index contributed by atoms with van der Waals surface area (Å²) in [5, 5.41) is 2.63. The minimum atomic E-state index is -3.35. The van der Waals surface area contributed by atoms with Crippen LogP contribution in [0.2, 0.25) is 0 Å². The van der Waals surface area contributed by atoms with E-state index in [0.29, 0.717) is 26.1 Å². The fraction of sp³-hybridized carbons (Fsp3) is 0.889. The van der Waals surface area contributed by atoms with Gasteiger partial charge in [0.1, 0.15) is 6.04 Å². The van der Waals surface area contributed by atoms with E-state index in [9.17, 15) is 13.2 Å². The average Bonchev–Trinajstić information content (AvgIpc) is 2.22. The molecule has 0 aromatic heterocycles. The van der Waals surface area contributed by atoms with Crippen LogP contribution in [0.4, 0.5) is 0 Å². The molecule has 1 heterocycles. The molecule has 6 nitrogen and oxygen atoms in total. The number of nitrogens with one attached hydrogen (secondary N) is 1. The van der Waals surface area contributed by atoms with Crippen molar-refractivity contribution in [2.75, 3.05) is 32.6 Å². The van der Waals surface area contributed by atoms with Crippen LogP contribution in [-0.4, -0.2) is 57.2 Å². The van der Waals surface area contributed by atoms with E-state index in [1.165, 1.54) is 11.4 Å². The zero-order chi connectivity index (χ0) is 12.2. The molecule has 1 atom stereocenters. The number of rotatable bonds is 5. The van der Waals surface area contributed by atoms with Crippen LogP contribution in [0.1, 0.15) is 13.3 Å². The van der Waals surface area contributed by atoms with Crippen LogP contribution in [0, 0.1) is 0 Å². The second kappa shape index (κ2) is 5.60. The lowest BCUT2D eigenvalue weighted by molar-refractivity contribution is -0.126. The molecule has 1 N–H and O–H groups in total. The number of carbonyl (C=O) groups excluding carboxylic acids is 1. The Morgan fingerprint density at radius 3 is 2.88 bits per heavy atom. The average molecular weight is 250 g/mol. The first kappa shape index (κ1) is 13.4. The van der Waals surface area contributed by atoms with Crippen LogP contribution in [0.5, 0.6) is 0 Å². The van der Waals surface area contributed by atoms with Crippen LogP contribution in [0.25, 0.3) is 0 Å². The van der Waals surface area contributed by atoms with Crippen molar-refractivity contribution < 1.29 is 17.9 Å². The first-order chi connectivity index (χ1) is 7.49. The van der Waals surface area contributed by atoms with Gasteiger partial charge < -0.3 is 10.1 Å². The van der Waals surface area contributed by atoms with Crippen molar-refractivity contribution >= 4 is 15.9 Å². The highest BCUT2D eigenvalue weighted by Crippen LogP contribution is 2.11. The lowest BCUT2D eigenvalue weighted by Crippen LogP contribution is -2.56. The first-order valence-corrected chi connectivity index (χ1v) is 6.86. The third-order valence-electron chi connectivity index (χ3n) is 2.55. The molecule has 0 aromatic rings. The topological polar surface area (TPSA) is 75.7 Å². The number of carbonyl (C=O) groups is 1. The molecule has 1 rings (SSSR count). The van der Waals surface area contributed by atoms with Crippen LogP contribution in [0.3, 0.4) is 0 Å². The number of methoxy groups -OCH3 is 1. The van der Waals surface area contributed by atoms with E-state index in [-0.39, 0.29) is 11.7 Å². The number of hydrogen-bond donors (Lipinski definition) is 1. The molecular formula is C9H18N2O4S. The number of hydrogen-bond acceptors (Lipinski definition) is 4. The number of ether oxygens (including phenoxy) is 1. The Hall–Kier alpha value is -0.660. The van der Waals surface area contributed by atoms with Crippen LogP contribution in [-0.2, 0) is 19.6 Å². The molecule has 1 unspecified atom stereocenters. The van der Waals surface area contributed by atoms with E-state index in [1.807, 2.05) is 0 Å². The third-order valence-corrected chi connectivity index (χ3v) is 4.57. The Morgan fingerprint density at radius 1 is 1.56 bits per heavy atom. The van der Waals surface area contributed by atoms with E-state index in [2.05, 4.69) is 5.32 Å².